The quantitative estimate of drug-likeness (QED) is 0.851. The van der Waals surface area contributed by atoms with Gasteiger partial charge in [-0.15, -0.1) is 0 Å². The van der Waals surface area contributed by atoms with Gasteiger partial charge in [-0.1, -0.05) is 34.1 Å². The maximum Gasteiger partial charge on any atom is 0.248 e. The van der Waals surface area contributed by atoms with Gasteiger partial charge >= 0.3 is 0 Å². The number of rotatable bonds is 3. The van der Waals surface area contributed by atoms with Crippen LogP contribution in [0.25, 0.3) is 10.9 Å². The van der Waals surface area contributed by atoms with E-state index >= 15 is 0 Å². The molecule has 0 atom stereocenters. The van der Waals surface area contributed by atoms with Crippen LogP contribution in [0.5, 0.6) is 0 Å². The van der Waals surface area contributed by atoms with Crippen molar-refractivity contribution in [2.24, 2.45) is 0 Å². The molecule has 0 unspecified atom stereocenters. The molecule has 1 aromatic carbocycles. The molecule has 1 N–H and O–H groups in total. The van der Waals surface area contributed by atoms with E-state index in [1.807, 2.05) is 18.2 Å². The molecule has 2 aromatic rings. The first-order valence-corrected chi connectivity index (χ1v) is 6.10. The summed E-state index contributed by atoms with van der Waals surface area (Å²) in [6, 6.07) is 9.62. The van der Waals surface area contributed by atoms with E-state index < -0.39 is 0 Å². The monoisotopic (exact) mass is 265 g/mol. The highest BCUT2D eigenvalue weighted by atomic mass is 79.9. The molecule has 0 aliphatic rings. The number of pyridine rings is 1. The molecule has 78 valence electrons. The van der Waals surface area contributed by atoms with E-state index in [0.29, 0.717) is 0 Å². The van der Waals surface area contributed by atoms with Gasteiger partial charge in [0.05, 0.1) is 0 Å². The molecule has 0 saturated carbocycles. The zero-order chi connectivity index (χ0) is 10.7. The molecule has 2 nitrogen and oxygen atoms in total. The Bertz CT molecular complexity index is 518. The summed E-state index contributed by atoms with van der Waals surface area (Å²) in [5.74, 6) is 0. The molecular formula is C12H12BrNO. The fraction of sp³-hybridized carbons (Fsp3) is 0.250. The number of H-pyrrole nitrogens is 1. The number of aromatic amines is 1. The van der Waals surface area contributed by atoms with E-state index in [4.69, 9.17) is 0 Å². The van der Waals surface area contributed by atoms with Crippen molar-refractivity contribution in [3.05, 3.63) is 46.2 Å². The highest BCUT2D eigenvalue weighted by Crippen LogP contribution is 2.16. The number of aromatic nitrogens is 1. The molecule has 0 saturated heterocycles. The molecule has 15 heavy (non-hydrogen) atoms. The van der Waals surface area contributed by atoms with Crippen molar-refractivity contribution >= 4 is 26.8 Å². The average Bonchev–Trinajstić information content (AvgIpc) is 2.25. The molecule has 0 fully saturated rings. The average molecular weight is 266 g/mol. The van der Waals surface area contributed by atoms with Crippen molar-refractivity contribution in [1.29, 1.82) is 0 Å². The molecule has 0 amide bonds. The SMILES string of the molecule is O=c1cc(CCCBr)c2ccccc2[nH]1. The third-order valence-corrected chi connectivity index (χ3v) is 2.98. The van der Waals surface area contributed by atoms with E-state index in [2.05, 4.69) is 27.0 Å². The number of fused-ring (bicyclic) bond motifs is 1. The minimum absolute atomic E-state index is 0.0155. The largest absolute Gasteiger partial charge is 0.322 e. The number of alkyl halides is 1. The first kappa shape index (κ1) is 10.4. The molecule has 0 bridgehead atoms. The number of hydrogen-bond donors (Lipinski definition) is 1. The van der Waals surface area contributed by atoms with Crippen LogP contribution in [-0.4, -0.2) is 10.3 Å². The van der Waals surface area contributed by atoms with E-state index in [-0.39, 0.29) is 5.56 Å². The van der Waals surface area contributed by atoms with Gasteiger partial charge in [-0.2, -0.15) is 0 Å². The van der Waals surface area contributed by atoms with Crippen molar-refractivity contribution in [2.75, 3.05) is 5.33 Å². The van der Waals surface area contributed by atoms with Crippen LogP contribution in [0.4, 0.5) is 0 Å². The summed E-state index contributed by atoms with van der Waals surface area (Å²) in [6.07, 6.45) is 1.99. The topological polar surface area (TPSA) is 32.9 Å². The summed E-state index contributed by atoms with van der Waals surface area (Å²) in [6.45, 7) is 0. The lowest BCUT2D eigenvalue weighted by Crippen LogP contribution is -2.06. The third-order valence-electron chi connectivity index (χ3n) is 2.42. The first-order chi connectivity index (χ1) is 7.31. The molecule has 0 radical (unpaired) electrons. The normalized spacial score (nSPS) is 10.7. The van der Waals surface area contributed by atoms with Crippen LogP contribution in [0, 0.1) is 0 Å². The van der Waals surface area contributed by atoms with Gasteiger partial charge in [-0.05, 0) is 24.5 Å². The minimum atomic E-state index is -0.0155. The van der Waals surface area contributed by atoms with Crippen molar-refractivity contribution in [1.82, 2.24) is 4.98 Å². The molecule has 1 aromatic heterocycles. The predicted octanol–water partition coefficient (Wildman–Crippen LogP) is 2.86. The Morgan fingerprint density at radius 1 is 1.27 bits per heavy atom. The number of aryl methyl sites for hydroxylation is 1. The van der Waals surface area contributed by atoms with E-state index in [1.54, 1.807) is 6.07 Å². The predicted molar refractivity (Wildman–Crippen MR) is 66.7 cm³/mol. The lowest BCUT2D eigenvalue weighted by Gasteiger charge is -2.04. The van der Waals surface area contributed by atoms with Gasteiger partial charge in [0.1, 0.15) is 0 Å². The lowest BCUT2D eigenvalue weighted by molar-refractivity contribution is 0.943. The maximum absolute atomic E-state index is 11.4. The van der Waals surface area contributed by atoms with Crippen LogP contribution >= 0.6 is 15.9 Å². The van der Waals surface area contributed by atoms with Crippen LogP contribution in [0.15, 0.2) is 35.1 Å². The summed E-state index contributed by atoms with van der Waals surface area (Å²) in [4.78, 5) is 14.2. The summed E-state index contributed by atoms with van der Waals surface area (Å²) in [5, 5.41) is 2.12. The standard InChI is InChI=1S/C12H12BrNO/c13-7-3-4-9-8-12(15)14-11-6-2-1-5-10(9)11/h1-2,5-6,8H,3-4,7H2,(H,14,15). The molecule has 0 spiro atoms. The van der Waals surface area contributed by atoms with Gasteiger partial charge in [-0.25, -0.2) is 0 Å². The molecule has 2 rings (SSSR count). The smallest absolute Gasteiger partial charge is 0.248 e. The minimum Gasteiger partial charge on any atom is -0.322 e. The summed E-state index contributed by atoms with van der Waals surface area (Å²) in [7, 11) is 0. The zero-order valence-corrected chi connectivity index (χ0v) is 9.88. The summed E-state index contributed by atoms with van der Waals surface area (Å²) >= 11 is 3.40. The number of halogens is 1. The maximum atomic E-state index is 11.4. The summed E-state index contributed by atoms with van der Waals surface area (Å²) < 4.78 is 0. The van der Waals surface area contributed by atoms with Gasteiger partial charge in [0.2, 0.25) is 5.56 Å². The van der Waals surface area contributed by atoms with Crippen molar-refractivity contribution in [2.45, 2.75) is 12.8 Å². The number of para-hydroxylation sites is 1. The Hall–Kier alpha value is -1.09. The van der Waals surface area contributed by atoms with Gasteiger partial charge < -0.3 is 4.98 Å². The Morgan fingerprint density at radius 3 is 2.87 bits per heavy atom. The van der Waals surface area contributed by atoms with Crippen LogP contribution in [0.2, 0.25) is 0 Å². The van der Waals surface area contributed by atoms with E-state index in [0.717, 1.165) is 34.6 Å². The fourth-order valence-electron chi connectivity index (χ4n) is 1.74. The Labute approximate surface area is 96.5 Å². The van der Waals surface area contributed by atoms with Gasteiger partial charge in [0.15, 0.2) is 0 Å². The first-order valence-electron chi connectivity index (χ1n) is 4.98. The number of benzene rings is 1. The van der Waals surface area contributed by atoms with E-state index in [9.17, 15) is 4.79 Å². The van der Waals surface area contributed by atoms with Crippen molar-refractivity contribution in [3.8, 4) is 0 Å². The molecule has 3 heteroatoms. The Morgan fingerprint density at radius 2 is 2.07 bits per heavy atom. The van der Waals surface area contributed by atoms with Crippen LogP contribution < -0.4 is 5.56 Å². The van der Waals surface area contributed by atoms with Gasteiger partial charge in [-0.3, -0.25) is 4.79 Å². The molecule has 1 heterocycles. The van der Waals surface area contributed by atoms with Gasteiger partial charge in [0.25, 0.3) is 0 Å². The third kappa shape index (κ3) is 2.29. The second kappa shape index (κ2) is 4.62. The fourth-order valence-corrected chi connectivity index (χ4v) is 2.02. The highest BCUT2D eigenvalue weighted by molar-refractivity contribution is 9.09. The van der Waals surface area contributed by atoms with Gasteiger partial charge in [0, 0.05) is 22.3 Å². The molecule has 0 aliphatic carbocycles. The molecular weight excluding hydrogens is 254 g/mol. The second-order valence-electron chi connectivity index (χ2n) is 3.50. The lowest BCUT2D eigenvalue weighted by atomic mass is 10.1. The Balaban J connectivity index is 2.55. The zero-order valence-electron chi connectivity index (χ0n) is 8.29. The molecule has 0 aliphatic heterocycles. The highest BCUT2D eigenvalue weighted by Gasteiger charge is 2.01. The van der Waals surface area contributed by atoms with Crippen LogP contribution in [0.1, 0.15) is 12.0 Å². The Kier molecular flexibility index (Phi) is 3.21. The number of nitrogens with one attached hydrogen (secondary N) is 1. The van der Waals surface area contributed by atoms with Crippen LogP contribution in [-0.2, 0) is 6.42 Å². The number of hydrogen-bond acceptors (Lipinski definition) is 1. The second-order valence-corrected chi connectivity index (χ2v) is 4.29. The van der Waals surface area contributed by atoms with Crippen LogP contribution in [0.3, 0.4) is 0 Å². The van der Waals surface area contributed by atoms with Crippen molar-refractivity contribution in [3.63, 3.8) is 0 Å². The van der Waals surface area contributed by atoms with E-state index in [1.165, 1.54) is 0 Å². The summed E-state index contributed by atoms with van der Waals surface area (Å²) in [5.41, 5.74) is 2.04. The van der Waals surface area contributed by atoms with Crippen molar-refractivity contribution < 1.29 is 0 Å².